The standard InChI is InChI=1S/C16H27FO5/c1-9-11(17)12(22-14(19)16(5,6)7)10(21-9)8-20-13(18)15(2,3)4/h9-12H,8H2,1-7H3/t9?,10-,11-,12-/m1/s1. The SMILES string of the molecule is CC1O[C@H](COC(=O)C(C)(C)C)[C@@H](OC(=O)C(C)(C)C)[C@@H]1F. The van der Waals surface area contributed by atoms with Gasteiger partial charge in [-0.2, -0.15) is 0 Å². The Bertz CT molecular complexity index is 421. The fourth-order valence-electron chi connectivity index (χ4n) is 1.85. The number of carbonyl (C=O) groups is 2. The first-order valence-electron chi connectivity index (χ1n) is 7.52. The summed E-state index contributed by atoms with van der Waals surface area (Å²) in [6, 6.07) is 0. The number of rotatable bonds is 3. The van der Waals surface area contributed by atoms with Crippen LogP contribution < -0.4 is 0 Å². The molecule has 0 saturated carbocycles. The zero-order valence-electron chi connectivity index (χ0n) is 14.4. The van der Waals surface area contributed by atoms with Crippen molar-refractivity contribution in [2.24, 2.45) is 10.8 Å². The Morgan fingerprint density at radius 3 is 2.00 bits per heavy atom. The number of hydrogen-bond donors (Lipinski definition) is 0. The van der Waals surface area contributed by atoms with Gasteiger partial charge >= 0.3 is 11.9 Å². The summed E-state index contributed by atoms with van der Waals surface area (Å²) in [4.78, 5) is 23.8. The average Bonchev–Trinajstić information content (AvgIpc) is 2.61. The largest absolute Gasteiger partial charge is 0.462 e. The number of ether oxygens (including phenoxy) is 3. The highest BCUT2D eigenvalue weighted by atomic mass is 19.1. The second kappa shape index (κ2) is 6.52. The monoisotopic (exact) mass is 318 g/mol. The molecule has 1 heterocycles. The van der Waals surface area contributed by atoms with Crippen molar-refractivity contribution in [3.63, 3.8) is 0 Å². The summed E-state index contributed by atoms with van der Waals surface area (Å²) in [6.45, 7) is 11.7. The normalized spacial score (nSPS) is 29.3. The number of halogens is 1. The minimum absolute atomic E-state index is 0.136. The van der Waals surface area contributed by atoms with Crippen LogP contribution in [0, 0.1) is 10.8 Å². The Kier molecular flexibility index (Phi) is 5.60. The summed E-state index contributed by atoms with van der Waals surface area (Å²) >= 11 is 0. The van der Waals surface area contributed by atoms with E-state index in [1.165, 1.54) is 0 Å². The second-order valence-electron chi connectivity index (χ2n) is 7.79. The summed E-state index contributed by atoms with van der Waals surface area (Å²) in [5.74, 6) is -0.919. The first-order valence-corrected chi connectivity index (χ1v) is 7.52. The van der Waals surface area contributed by atoms with Gasteiger partial charge in [-0.1, -0.05) is 0 Å². The molecule has 0 bridgehead atoms. The van der Waals surface area contributed by atoms with Crippen LogP contribution in [0.1, 0.15) is 48.5 Å². The lowest BCUT2D eigenvalue weighted by atomic mass is 9.97. The first kappa shape index (κ1) is 18.9. The quantitative estimate of drug-likeness (QED) is 0.749. The summed E-state index contributed by atoms with van der Waals surface area (Å²) in [5, 5.41) is 0. The molecule has 1 rings (SSSR count). The van der Waals surface area contributed by atoms with Crippen LogP contribution in [0.3, 0.4) is 0 Å². The molecule has 1 unspecified atom stereocenters. The lowest BCUT2D eigenvalue weighted by Gasteiger charge is -2.25. The summed E-state index contributed by atoms with van der Waals surface area (Å²) in [5.41, 5.74) is -1.39. The highest BCUT2D eigenvalue weighted by molar-refractivity contribution is 5.76. The molecule has 0 aromatic heterocycles. The van der Waals surface area contributed by atoms with Crippen LogP contribution in [0.2, 0.25) is 0 Å². The van der Waals surface area contributed by atoms with Crippen LogP contribution in [0.4, 0.5) is 4.39 Å². The average molecular weight is 318 g/mol. The Morgan fingerprint density at radius 1 is 1.05 bits per heavy atom. The van der Waals surface area contributed by atoms with Crippen LogP contribution in [0.15, 0.2) is 0 Å². The van der Waals surface area contributed by atoms with Gasteiger partial charge in [0.25, 0.3) is 0 Å². The van der Waals surface area contributed by atoms with E-state index in [1.807, 2.05) is 0 Å². The van der Waals surface area contributed by atoms with Crippen molar-refractivity contribution in [2.75, 3.05) is 6.61 Å². The summed E-state index contributed by atoms with van der Waals surface area (Å²) in [6.07, 6.45) is -4.00. The van der Waals surface area contributed by atoms with E-state index in [9.17, 15) is 14.0 Å². The Hall–Kier alpha value is -1.17. The van der Waals surface area contributed by atoms with E-state index >= 15 is 0 Å². The molecule has 1 aliphatic rings. The molecule has 1 fully saturated rings. The van der Waals surface area contributed by atoms with Crippen LogP contribution in [0.25, 0.3) is 0 Å². The highest BCUT2D eigenvalue weighted by Crippen LogP contribution is 2.29. The molecule has 22 heavy (non-hydrogen) atoms. The van der Waals surface area contributed by atoms with Crippen molar-refractivity contribution in [1.82, 2.24) is 0 Å². The van der Waals surface area contributed by atoms with Gasteiger partial charge in [0.05, 0.1) is 16.9 Å². The van der Waals surface area contributed by atoms with Crippen molar-refractivity contribution in [1.29, 1.82) is 0 Å². The maximum atomic E-state index is 14.2. The minimum Gasteiger partial charge on any atom is -0.462 e. The summed E-state index contributed by atoms with van der Waals surface area (Å²) in [7, 11) is 0. The number of esters is 2. The Morgan fingerprint density at radius 2 is 1.55 bits per heavy atom. The predicted molar refractivity (Wildman–Crippen MR) is 79.0 cm³/mol. The van der Waals surface area contributed by atoms with Gasteiger partial charge < -0.3 is 14.2 Å². The van der Waals surface area contributed by atoms with Crippen molar-refractivity contribution in [3.8, 4) is 0 Å². The zero-order chi connectivity index (χ0) is 17.3. The predicted octanol–water partition coefficient (Wildman–Crippen LogP) is 2.66. The van der Waals surface area contributed by atoms with Gasteiger partial charge in [0, 0.05) is 0 Å². The van der Waals surface area contributed by atoms with Gasteiger partial charge in [0.15, 0.2) is 12.3 Å². The minimum atomic E-state index is -1.44. The van der Waals surface area contributed by atoms with Crippen molar-refractivity contribution in [2.45, 2.75) is 72.9 Å². The maximum absolute atomic E-state index is 14.2. The van der Waals surface area contributed by atoms with Gasteiger partial charge in [0.2, 0.25) is 0 Å². The van der Waals surface area contributed by atoms with E-state index in [4.69, 9.17) is 14.2 Å². The molecule has 1 saturated heterocycles. The Balaban J connectivity index is 2.71. The van der Waals surface area contributed by atoms with E-state index in [2.05, 4.69) is 0 Å². The topological polar surface area (TPSA) is 61.8 Å². The van der Waals surface area contributed by atoms with E-state index in [0.717, 1.165) is 0 Å². The molecule has 0 radical (unpaired) electrons. The van der Waals surface area contributed by atoms with E-state index in [1.54, 1.807) is 48.5 Å². The van der Waals surface area contributed by atoms with Crippen LogP contribution in [-0.4, -0.2) is 43.0 Å². The number of alkyl halides is 1. The van der Waals surface area contributed by atoms with E-state index in [0.29, 0.717) is 0 Å². The fourth-order valence-corrected chi connectivity index (χ4v) is 1.85. The number of hydrogen-bond acceptors (Lipinski definition) is 5. The number of carbonyl (C=O) groups excluding carboxylic acids is 2. The molecule has 5 nitrogen and oxygen atoms in total. The zero-order valence-corrected chi connectivity index (χ0v) is 14.4. The molecule has 1 aliphatic heterocycles. The van der Waals surface area contributed by atoms with Crippen molar-refractivity contribution < 1.29 is 28.2 Å². The van der Waals surface area contributed by atoms with Crippen LogP contribution in [0.5, 0.6) is 0 Å². The van der Waals surface area contributed by atoms with Gasteiger partial charge in [0.1, 0.15) is 12.7 Å². The molecule has 0 N–H and O–H groups in total. The summed E-state index contributed by atoms with van der Waals surface area (Å²) < 4.78 is 30.1. The van der Waals surface area contributed by atoms with Crippen molar-refractivity contribution >= 4 is 11.9 Å². The Labute approximate surface area is 131 Å². The third kappa shape index (κ3) is 4.66. The third-order valence-corrected chi connectivity index (χ3v) is 3.36. The van der Waals surface area contributed by atoms with Crippen molar-refractivity contribution in [3.05, 3.63) is 0 Å². The smallest absolute Gasteiger partial charge is 0.311 e. The lowest BCUT2D eigenvalue weighted by Crippen LogP contribution is -2.40. The van der Waals surface area contributed by atoms with Gasteiger partial charge in [-0.3, -0.25) is 9.59 Å². The molecule has 4 atom stereocenters. The second-order valence-corrected chi connectivity index (χ2v) is 7.79. The van der Waals surface area contributed by atoms with Crippen LogP contribution in [-0.2, 0) is 23.8 Å². The van der Waals surface area contributed by atoms with Gasteiger partial charge in [-0.25, -0.2) is 4.39 Å². The molecule has 0 aromatic carbocycles. The molecule has 128 valence electrons. The molecule has 0 aromatic rings. The van der Waals surface area contributed by atoms with Crippen LogP contribution >= 0.6 is 0 Å². The van der Waals surface area contributed by atoms with E-state index in [-0.39, 0.29) is 6.61 Å². The first-order chi connectivity index (χ1) is 9.84. The van der Waals surface area contributed by atoms with Gasteiger partial charge in [-0.05, 0) is 48.5 Å². The highest BCUT2D eigenvalue weighted by Gasteiger charge is 2.47. The molecule has 0 aliphatic carbocycles. The molecular weight excluding hydrogens is 291 g/mol. The molecule has 0 amide bonds. The fraction of sp³-hybridized carbons (Fsp3) is 0.875. The van der Waals surface area contributed by atoms with Gasteiger partial charge in [-0.15, -0.1) is 0 Å². The molecular formula is C16H27FO5. The van der Waals surface area contributed by atoms with E-state index < -0.39 is 47.3 Å². The molecule has 0 spiro atoms. The molecule has 6 heteroatoms. The maximum Gasteiger partial charge on any atom is 0.311 e. The third-order valence-electron chi connectivity index (χ3n) is 3.36. The lowest BCUT2D eigenvalue weighted by molar-refractivity contribution is -0.168.